The largest absolute Gasteiger partial charge is 0.352 e. The van der Waals surface area contributed by atoms with Gasteiger partial charge in [0, 0.05) is 35.5 Å². The van der Waals surface area contributed by atoms with Crippen LogP contribution in [0.3, 0.4) is 0 Å². The Labute approximate surface area is 158 Å². The average molecular weight is 362 g/mol. The van der Waals surface area contributed by atoms with Crippen LogP contribution in [0.5, 0.6) is 0 Å². The van der Waals surface area contributed by atoms with Crippen molar-refractivity contribution >= 4 is 28.6 Å². The van der Waals surface area contributed by atoms with Gasteiger partial charge in [-0.3, -0.25) is 4.79 Å². The lowest BCUT2D eigenvalue weighted by Crippen LogP contribution is -2.05. The van der Waals surface area contributed by atoms with Crippen LogP contribution in [-0.2, 0) is 11.2 Å². The van der Waals surface area contributed by atoms with E-state index in [1.807, 2.05) is 42.5 Å². The Hall–Kier alpha value is -2.88. The Morgan fingerprint density at radius 3 is 2.93 bits per heavy atom. The van der Waals surface area contributed by atoms with Gasteiger partial charge in [0.2, 0.25) is 5.91 Å². The van der Waals surface area contributed by atoms with Gasteiger partial charge >= 0.3 is 0 Å². The predicted molar refractivity (Wildman–Crippen MR) is 109 cm³/mol. The molecule has 4 heteroatoms. The van der Waals surface area contributed by atoms with Gasteiger partial charge in [0.25, 0.3) is 0 Å². The van der Waals surface area contributed by atoms with Crippen molar-refractivity contribution in [3.05, 3.63) is 58.9 Å². The minimum absolute atomic E-state index is 0.0847. The number of unbranched alkanes of at least 4 members (excludes halogenated alkanes) is 2. The number of hydrogen-bond acceptors (Lipinski definition) is 1. The second-order valence-electron chi connectivity index (χ2n) is 7.14. The summed E-state index contributed by atoms with van der Waals surface area (Å²) in [5.74, 6) is -0.274. The molecule has 27 heavy (non-hydrogen) atoms. The molecule has 3 nitrogen and oxygen atoms in total. The highest BCUT2D eigenvalue weighted by Gasteiger charge is 2.25. The van der Waals surface area contributed by atoms with Crippen LogP contribution in [-0.4, -0.2) is 10.9 Å². The summed E-state index contributed by atoms with van der Waals surface area (Å²) >= 11 is 0. The molecule has 0 radical (unpaired) electrons. The van der Waals surface area contributed by atoms with Crippen LogP contribution in [0.15, 0.2) is 36.4 Å². The fraction of sp³-hybridized carbons (Fsp3) is 0.261. The highest BCUT2D eigenvalue weighted by Crippen LogP contribution is 2.42. The van der Waals surface area contributed by atoms with E-state index >= 15 is 0 Å². The molecule has 1 aromatic heterocycles. The van der Waals surface area contributed by atoms with Crippen molar-refractivity contribution in [1.29, 1.82) is 0 Å². The normalized spacial score (nSPS) is 12.6. The number of aromatic nitrogens is 1. The average Bonchev–Trinajstić information content (AvgIpc) is 3.16. The number of amides is 1. The topological polar surface area (TPSA) is 44.9 Å². The molecule has 138 valence electrons. The van der Waals surface area contributed by atoms with Crippen molar-refractivity contribution in [2.75, 3.05) is 5.32 Å². The van der Waals surface area contributed by atoms with Gasteiger partial charge in [0.15, 0.2) is 5.82 Å². The molecule has 3 aromatic rings. The molecule has 2 aromatic carbocycles. The summed E-state index contributed by atoms with van der Waals surface area (Å²) in [7, 11) is 0. The maximum atomic E-state index is 15.0. The van der Waals surface area contributed by atoms with Gasteiger partial charge < -0.3 is 10.3 Å². The van der Waals surface area contributed by atoms with Crippen molar-refractivity contribution in [1.82, 2.24) is 4.98 Å². The number of fused-ring (bicyclic) bond motifs is 5. The first-order chi connectivity index (χ1) is 13.1. The zero-order valence-electron chi connectivity index (χ0n) is 15.7. The SMILES string of the molecule is CCCC/C=C/c1ccc2c3c([nH]c2c1F)-c1ccc(NC(C)=O)cc1C3. The van der Waals surface area contributed by atoms with E-state index in [9.17, 15) is 9.18 Å². The minimum atomic E-state index is -0.189. The molecule has 1 aliphatic carbocycles. The van der Waals surface area contributed by atoms with Crippen LogP contribution in [0, 0.1) is 5.82 Å². The summed E-state index contributed by atoms with van der Waals surface area (Å²) in [5, 5.41) is 3.75. The molecule has 1 heterocycles. The van der Waals surface area contributed by atoms with Crippen LogP contribution in [0.1, 0.15) is 49.8 Å². The number of carbonyl (C=O) groups is 1. The van der Waals surface area contributed by atoms with Crippen LogP contribution < -0.4 is 5.32 Å². The van der Waals surface area contributed by atoms with Crippen molar-refractivity contribution in [2.45, 2.75) is 39.5 Å². The van der Waals surface area contributed by atoms with E-state index < -0.39 is 0 Å². The molecule has 0 saturated heterocycles. The van der Waals surface area contributed by atoms with Crippen molar-refractivity contribution in [3.63, 3.8) is 0 Å². The third-order valence-electron chi connectivity index (χ3n) is 5.13. The van der Waals surface area contributed by atoms with Crippen LogP contribution in [0.25, 0.3) is 28.2 Å². The van der Waals surface area contributed by atoms with E-state index in [0.717, 1.165) is 59.1 Å². The number of rotatable bonds is 5. The summed E-state index contributed by atoms with van der Waals surface area (Å²) in [5.41, 5.74) is 6.33. The predicted octanol–water partition coefficient (Wildman–Crippen LogP) is 6.04. The zero-order chi connectivity index (χ0) is 19.0. The summed E-state index contributed by atoms with van der Waals surface area (Å²) in [6, 6.07) is 9.75. The molecular formula is C23H23FN2O. The molecular weight excluding hydrogens is 339 g/mol. The summed E-state index contributed by atoms with van der Waals surface area (Å²) in [4.78, 5) is 14.6. The lowest BCUT2D eigenvalue weighted by atomic mass is 10.1. The van der Waals surface area contributed by atoms with Crippen molar-refractivity contribution < 1.29 is 9.18 Å². The van der Waals surface area contributed by atoms with E-state index in [4.69, 9.17) is 0 Å². The van der Waals surface area contributed by atoms with E-state index in [0.29, 0.717) is 11.1 Å². The number of nitrogens with one attached hydrogen (secondary N) is 2. The fourth-order valence-electron chi connectivity index (χ4n) is 3.83. The first-order valence-electron chi connectivity index (χ1n) is 9.49. The van der Waals surface area contributed by atoms with Gasteiger partial charge in [-0.2, -0.15) is 0 Å². The van der Waals surface area contributed by atoms with Gasteiger partial charge in [-0.05, 0) is 29.7 Å². The monoisotopic (exact) mass is 362 g/mol. The smallest absolute Gasteiger partial charge is 0.221 e. The Balaban J connectivity index is 1.70. The summed E-state index contributed by atoms with van der Waals surface area (Å²) in [6.45, 7) is 3.65. The highest BCUT2D eigenvalue weighted by atomic mass is 19.1. The maximum Gasteiger partial charge on any atom is 0.221 e. The number of benzene rings is 2. The number of halogens is 1. The number of carbonyl (C=O) groups excluding carboxylic acids is 1. The van der Waals surface area contributed by atoms with E-state index in [1.54, 1.807) is 0 Å². The second kappa shape index (κ2) is 7.03. The minimum Gasteiger partial charge on any atom is -0.352 e. The van der Waals surface area contributed by atoms with Gasteiger partial charge in [-0.25, -0.2) is 4.39 Å². The number of aromatic amines is 1. The van der Waals surface area contributed by atoms with Gasteiger partial charge in [-0.15, -0.1) is 0 Å². The Morgan fingerprint density at radius 1 is 1.30 bits per heavy atom. The van der Waals surface area contributed by atoms with Crippen LogP contribution in [0.2, 0.25) is 0 Å². The maximum absolute atomic E-state index is 15.0. The molecule has 1 amide bonds. The molecule has 1 aliphatic rings. The number of H-pyrrole nitrogens is 1. The summed E-state index contributed by atoms with van der Waals surface area (Å²) in [6.07, 6.45) is 7.89. The standard InChI is InChI=1S/C23H23FN2O/c1-3-4-5-6-7-15-8-10-19-20-13-16-12-17(25-14(2)27)9-11-18(16)22(20)26-23(19)21(15)24/h6-12,26H,3-5,13H2,1-2H3,(H,25,27)/b7-6+. The number of allylic oxidation sites excluding steroid dienone is 1. The molecule has 0 aliphatic heterocycles. The lowest BCUT2D eigenvalue weighted by Gasteiger charge is -2.06. The van der Waals surface area contributed by atoms with Crippen molar-refractivity contribution in [3.8, 4) is 11.3 Å². The van der Waals surface area contributed by atoms with Crippen molar-refractivity contribution in [2.24, 2.45) is 0 Å². The molecule has 0 fully saturated rings. The van der Waals surface area contributed by atoms with Gasteiger partial charge in [-0.1, -0.05) is 50.1 Å². The van der Waals surface area contributed by atoms with Crippen LogP contribution >= 0.6 is 0 Å². The fourth-order valence-corrected chi connectivity index (χ4v) is 3.83. The highest BCUT2D eigenvalue weighted by molar-refractivity contribution is 5.96. The Morgan fingerprint density at radius 2 is 2.15 bits per heavy atom. The van der Waals surface area contributed by atoms with Gasteiger partial charge in [0.05, 0.1) is 11.2 Å². The molecule has 0 unspecified atom stereocenters. The molecule has 2 N–H and O–H groups in total. The molecule has 4 rings (SSSR count). The quantitative estimate of drug-likeness (QED) is 0.418. The first-order valence-corrected chi connectivity index (χ1v) is 9.49. The van der Waals surface area contributed by atoms with Crippen LogP contribution in [0.4, 0.5) is 10.1 Å². The van der Waals surface area contributed by atoms with E-state index in [-0.39, 0.29) is 11.7 Å². The molecule has 0 spiro atoms. The van der Waals surface area contributed by atoms with E-state index in [2.05, 4.69) is 17.2 Å². The first kappa shape index (κ1) is 17.5. The number of hydrogen-bond donors (Lipinski definition) is 2. The molecule has 0 bridgehead atoms. The zero-order valence-corrected chi connectivity index (χ0v) is 15.7. The summed E-state index contributed by atoms with van der Waals surface area (Å²) < 4.78 is 15.0. The molecule has 0 atom stereocenters. The number of anilines is 1. The van der Waals surface area contributed by atoms with E-state index in [1.165, 1.54) is 6.92 Å². The lowest BCUT2D eigenvalue weighted by molar-refractivity contribution is -0.114. The molecule has 0 saturated carbocycles. The second-order valence-corrected chi connectivity index (χ2v) is 7.14. The Bertz CT molecular complexity index is 1060. The Kier molecular flexibility index (Phi) is 4.56. The third kappa shape index (κ3) is 3.16. The van der Waals surface area contributed by atoms with Gasteiger partial charge in [0.1, 0.15) is 0 Å². The third-order valence-corrected chi connectivity index (χ3v) is 5.13.